The lowest BCUT2D eigenvalue weighted by molar-refractivity contribution is 0.660. The van der Waals surface area contributed by atoms with Gasteiger partial charge < -0.3 is 4.90 Å². The van der Waals surface area contributed by atoms with Gasteiger partial charge in [-0.2, -0.15) is 0 Å². The average molecular weight is 772 g/mol. The zero-order valence-corrected chi connectivity index (χ0v) is 33.9. The molecule has 1 aliphatic rings. The van der Waals surface area contributed by atoms with Crippen molar-refractivity contribution in [1.29, 1.82) is 0 Å². The Balaban J connectivity index is 1.12. The fourth-order valence-electron chi connectivity index (χ4n) is 9.43. The van der Waals surface area contributed by atoms with Gasteiger partial charge in [0.15, 0.2) is 0 Å². The van der Waals surface area contributed by atoms with E-state index in [1.165, 1.54) is 86.9 Å². The lowest BCUT2D eigenvalue weighted by atomic mass is 9.82. The van der Waals surface area contributed by atoms with Gasteiger partial charge in [0.05, 0.1) is 0 Å². The summed E-state index contributed by atoms with van der Waals surface area (Å²) in [5.41, 5.74) is 18.4. The van der Waals surface area contributed by atoms with Gasteiger partial charge in [-0.15, -0.1) is 11.3 Å². The Bertz CT molecular complexity index is 3170. The van der Waals surface area contributed by atoms with E-state index in [-0.39, 0.29) is 5.41 Å². The molecule has 1 aromatic heterocycles. The summed E-state index contributed by atoms with van der Waals surface area (Å²) in [6, 6.07) is 78.1. The molecule has 1 aliphatic carbocycles. The number of anilines is 3. The molecule has 0 aliphatic heterocycles. The number of benzene rings is 9. The molecule has 0 fully saturated rings. The monoisotopic (exact) mass is 771 g/mol. The third kappa shape index (κ3) is 5.91. The minimum Gasteiger partial charge on any atom is -0.310 e. The third-order valence-electron chi connectivity index (χ3n) is 12.3. The molecule has 1 heterocycles. The molecule has 0 saturated carbocycles. The zero-order chi connectivity index (χ0) is 39.5. The Morgan fingerprint density at radius 3 is 1.73 bits per heavy atom. The van der Waals surface area contributed by atoms with Gasteiger partial charge in [-0.25, -0.2) is 0 Å². The summed E-state index contributed by atoms with van der Waals surface area (Å²) >= 11 is 1.87. The highest BCUT2D eigenvalue weighted by molar-refractivity contribution is 7.26. The molecular formula is C57H41NS. The van der Waals surface area contributed by atoms with Gasteiger partial charge in [-0.1, -0.05) is 178 Å². The summed E-state index contributed by atoms with van der Waals surface area (Å²) in [5, 5.41) is 2.61. The van der Waals surface area contributed by atoms with E-state index >= 15 is 0 Å². The van der Waals surface area contributed by atoms with Crippen molar-refractivity contribution in [3.8, 4) is 55.6 Å². The van der Waals surface area contributed by atoms with Crippen LogP contribution in [0, 0.1) is 0 Å². The summed E-state index contributed by atoms with van der Waals surface area (Å²) in [6.45, 7) is 4.72. The average Bonchev–Trinajstić information content (AvgIpc) is 3.79. The largest absolute Gasteiger partial charge is 0.310 e. The molecule has 1 nitrogen and oxygen atoms in total. The Morgan fingerprint density at radius 2 is 0.932 bits per heavy atom. The van der Waals surface area contributed by atoms with Crippen LogP contribution in [0.1, 0.15) is 25.0 Å². The molecule has 0 bridgehead atoms. The van der Waals surface area contributed by atoms with Crippen molar-refractivity contribution in [2.75, 3.05) is 4.90 Å². The van der Waals surface area contributed by atoms with Crippen LogP contribution in [-0.4, -0.2) is 0 Å². The number of fused-ring (bicyclic) bond motifs is 6. The molecule has 0 atom stereocenters. The lowest BCUT2D eigenvalue weighted by Crippen LogP contribution is -2.16. The van der Waals surface area contributed by atoms with E-state index < -0.39 is 0 Å². The normalized spacial score (nSPS) is 12.7. The van der Waals surface area contributed by atoms with Gasteiger partial charge >= 0.3 is 0 Å². The number of thiophene rings is 1. The number of nitrogens with zero attached hydrogens (tertiary/aromatic N) is 1. The zero-order valence-electron chi connectivity index (χ0n) is 33.1. The van der Waals surface area contributed by atoms with Gasteiger partial charge in [-0.3, -0.25) is 0 Å². The second-order valence-electron chi connectivity index (χ2n) is 16.1. The molecule has 2 heteroatoms. The van der Waals surface area contributed by atoms with Crippen molar-refractivity contribution >= 4 is 48.6 Å². The molecule has 10 aromatic rings. The van der Waals surface area contributed by atoms with Crippen molar-refractivity contribution in [2.45, 2.75) is 19.3 Å². The van der Waals surface area contributed by atoms with E-state index in [2.05, 4.69) is 231 Å². The van der Waals surface area contributed by atoms with Gasteiger partial charge in [-0.05, 0) is 115 Å². The predicted octanol–water partition coefficient (Wildman–Crippen LogP) is 16.5. The van der Waals surface area contributed by atoms with Gasteiger partial charge in [0, 0.05) is 42.6 Å². The molecule has 11 rings (SSSR count). The van der Waals surface area contributed by atoms with Gasteiger partial charge in [0.1, 0.15) is 0 Å². The summed E-state index contributed by atoms with van der Waals surface area (Å²) in [4.78, 5) is 2.44. The maximum absolute atomic E-state index is 2.44. The first-order valence-electron chi connectivity index (χ1n) is 20.4. The minimum atomic E-state index is -0.119. The van der Waals surface area contributed by atoms with Crippen LogP contribution in [0.3, 0.4) is 0 Å². The van der Waals surface area contributed by atoms with Crippen molar-refractivity contribution in [1.82, 2.24) is 0 Å². The van der Waals surface area contributed by atoms with E-state index in [4.69, 9.17) is 0 Å². The van der Waals surface area contributed by atoms with Crippen molar-refractivity contribution in [2.24, 2.45) is 0 Å². The van der Waals surface area contributed by atoms with Crippen LogP contribution < -0.4 is 4.90 Å². The molecule has 280 valence electrons. The smallest absolute Gasteiger partial charge is 0.0467 e. The van der Waals surface area contributed by atoms with Crippen LogP contribution >= 0.6 is 11.3 Å². The highest BCUT2D eigenvalue weighted by atomic mass is 32.1. The Morgan fingerprint density at radius 1 is 0.356 bits per heavy atom. The first-order valence-corrected chi connectivity index (χ1v) is 21.2. The molecule has 0 saturated heterocycles. The second-order valence-corrected chi connectivity index (χ2v) is 17.2. The number of rotatable bonds is 7. The van der Waals surface area contributed by atoms with Crippen LogP contribution in [0.5, 0.6) is 0 Å². The maximum atomic E-state index is 2.44. The quantitative estimate of drug-likeness (QED) is 0.156. The Hall–Kier alpha value is -7.00. The van der Waals surface area contributed by atoms with Crippen molar-refractivity contribution < 1.29 is 0 Å². The van der Waals surface area contributed by atoms with E-state index in [1.54, 1.807) is 0 Å². The lowest BCUT2D eigenvalue weighted by Gasteiger charge is -2.29. The molecule has 0 spiro atoms. The fourth-order valence-corrected chi connectivity index (χ4v) is 10.5. The standard InChI is InChI=1S/C57H41NS/c1-57(2)51-26-13-11-23-47(51)48-33-32-44(37-52(48)57)58(42-30-28-39(29-31-42)38-16-5-3-6-17-38)43-21-15-20-41(36-43)46-34-35-54-56(50-25-12-14-27-53(50)59-54)55(46)49-24-10-9-22-45(49)40-18-7-4-8-19-40/h3-37H,1-2H3. The summed E-state index contributed by atoms with van der Waals surface area (Å²) in [7, 11) is 0. The fraction of sp³-hybridized carbons (Fsp3) is 0.0526. The highest BCUT2D eigenvalue weighted by Gasteiger charge is 2.35. The third-order valence-corrected chi connectivity index (χ3v) is 13.4. The molecule has 0 radical (unpaired) electrons. The highest BCUT2D eigenvalue weighted by Crippen LogP contribution is 2.52. The molecular weight excluding hydrogens is 731 g/mol. The summed E-state index contributed by atoms with van der Waals surface area (Å²) in [6.07, 6.45) is 0. The Labute approximate surface area is 350 Å². The maximum Gasteiger partial charge on any atom is 0.0467 e. The minimum absolute atomic E-state index is 0.119. The second kappa shape index (κ2) is 14.1. The van der Waals surface area contributed by atoms with Crippen LogP contribution in [0.2, 0.25) is 0 Å². The van der Waals surface area contributed by atoms with Crippen LogP contribution in [-0.2, 0) is 5.41 Å². The van der Waals surface area contributed by atoms with Crippen LogP contribution in [0.4, 0.5) is 17.1 Å². The van der Waals surface area contributed by atoms with Gasteiger partial charge in [0.25, 0.3) is 0 Å². The molecule has 59 heavy (non-hydrogen) atoms. The first-order chi connectivity index (χ1) is 29.0. The first kappa shape index (κ1) is 35.2. The van der Waals surface area contributed by atoms with E-state index in [0.717, 1.165) is 17.1 Å². The predicted molar refractivity (Wildman–Crippen MR) is 253 cm³/mol. The van der Waals surface area contributed by atoms with Crippen molar-refractivity contribution in [3.63, 3.8) is 0 Å². The van der Waals surface area contributed by atoms with Crippen molar-refractivity contribution in [3.05, 3.63) is 223 Å². The Kier molecular flexibility index (Phi) is 8.43. The molecule has 0 unspecified atom stereocenters. The topological polar surface area (TPSA) is 3.24 Å². The summed E-state index contributed by atoms with van der Waals surface area (Å²) in [5.74, 6) is 0. The SMILES string of the molecule is CC1(C)c2ccccc2-c2ccc(N(c3ccc(-c4ccccc4)cc3)c3cccc(-c4ccc5sc6ccccc6c5c4-c4ccccc4-c4ccccc4)c3)cc21. The number of hydrogen-bond donors (Lipinski definition) is 0. The van der Waals surface area contributed by atoms with Crippen LogP contribution in [0.25, 0.3) is 75.8 Å². The molecule has 0 amide bonds. The van der Waals surface area contributed by atoms with Crippen LogP contribution in [0.15, 0.2) is 212 Å². The van der Waals surface area contributed by atoms with E-state index in [9.17, 15) is 0 Å². The van der Waals surface area contributed by atoms with E-state index in [1.807, 2.05) is 11.3 Å². The summed E-state index contributed by atoms with van der Waals surface area (Å²) < 4.78 is 2.60. The van der Waals surface area contributed by atoms with Gasteiger partial charge in [0.2, 0.25) is 0 Å². The molecule has 0 N–H and O–H groups in total. The van der Waals surface area contributed by atoms with E-state index in [0.29, 0.717) is 0 Å². The number of hydrogen-bond acceptors (Lipinski definition) is 2. The molecule has 9 aromatic carbocycles.